The van der Waals surface area contributed by atoms with E-state index in [0.717, 1.165) is 11.3 Å². The second-order valence-corrected chi connectivity index (χ2v) is 4.64. The zero-order valence-electron chi connectivity index (χ0n) is 11.6. The fourth-order valence-corrected chi connectivity index (χ4v) is 1.74. The Balaban J connectivity index is 2.15. The van der Waals surface area contributed by atoms with Crippen molar-refractivity contribution < 1.29 is 4.79 Å². The molecular formula is C14H16N4O2. The number of aromatic nitrogens is 3. The fraction of sp³-hybridized carbons (Fsp3) is 0.286. The molecule has 0 saturated heterocycles. The van der Waals surface area contributed by atoms with E-state index in [-0.39, 0.29) is 11.6 Å². The van der Waals surface area contributed by atoms with E-state index >= 15 is 0 Å². The van der Waals surface area contributed by atoms with Gasteiger partial charge >= 0.3 is 0 Å². The number of pyridine rings is 1. The molecule has 2 heterocycles. The van der Waals surface area contributed by atoms with Crippen molar-refractivity contribution in [3.63, 3.8) is 0 Å². The molecule has 0 aliphatic carbocycles. The SMILES string of the molecule is Cc1ccc(C(C)NC(=O)c2cnc(C)[nH]c2=O)cn1. The summed E-state index contributed by atoms with van der Waals surface area (Å²) in [5.74, 6) is 0.0224. The molecule has 2 aromatic rings. The molecule has 0 fully saturated rings. The van der Waals surface area contributed by atoms with Gasteiger partial charge in [-0.1, -0.05) is 6.07 Å². The number of aromatic amines is 1. The van der Waals surface area contributed by atoms with Crippen LogP contribution in [0.2, 0.25) is 0 Å². The van der Waals surface area contributed by atoms with E-state index in [1.807, 2.05) is 26.0 Å². The third-order valence-electron chi connectivity index (χ3n) is 2.95. The second-order valence-electron chi connectivity index (χ2n) is 4.64. The lowest BCUT2D eigenvalue weighted by molar-refractivity contribution is 0.0938. The van der Waals surface area contributed by atoms with Gasteiger partial charge in [0.25, 0.3) is 11.5 Å². The summed E-state index contributed by atoms with van der Waals surface area (Å²) in [5, 5.41) is 2.75. The number of hydrogen-bond donors (Lipinski definition) is 2. The van der Waals surface area contributed by atoms with E-state index < -0.39 is 11.5 Å². The summed E-state index contributed by atoms with van der Waals surface area (Å²) in [4.78, 5) is 34.3. The van der Waals surface area contributed by atoms with E-state index in [1.165, 1.54) is 6.20 Å². The van der Waals surface area contributed by atoms with E-state index in [9.17, 15) is 9.59 Å². The number of amides is 1. The normalized spacial score (nSPS) is 11.9. The minimum atomic E-state index is -0.452. The average Bonchev–Trinajstić information content (AvgIpc) is 2.39. The zero-order valence-corrected chi connectivity index (χ0v) is 11.6. The Kier molecular flexibility index (Phi) is 3.93. The summed E-state index contributed by atoms with van der Waals surface area (Å²) in [6, 6.07) is 3.53. The molecule has 0 aliphatic heterocycles. The Morgan fingerprint density at radius 2 is 2.00 bits per heavy atom. The monoisotopic (exact) mass is 272 g/mol. The number of carbonyl (C=O) groups is 1. The Bertz CT molecular complexity index is 676. The molecule has 104 valence electrons. The molecule has 0 aromatic carbocycles. The number of nitrogens with one attached hydrogen (secondary N) is 2. The Hall–Kier alpha value is -2.50. The summed E-state index contributed by atoms with van der Waals surface area (Å²) >= 11 is 0. The predicted octanol–water partition coefficient (Wildman–Crippen LogP) is 1.27. The third-order valence-corrected chi connectivity index (χ3v) is 2.95. The average molecular weight is 272 g/mol. The highest BCUT2D eigenvalue weighted by Crippen LogP contribution is 2.11. The molecule has 0 aliphatic rings. The maximum absolute atomic E-state index is 12.0. The van der Waals surface area contributed by atoms with Gasteiger partial charge in [0, 0.05) is 18.1 Å². The molecule has 6 nitrogen and oxygen atoms in total. The lowest BCUT2D eigenvalue weighted by atomic mass is 10.1. The number of hydrogen-bond acceptors (Lipinski definition) is 4. The molecule has 0 spiro atoms. The molecular weight excluding hydrogens is 256 g/mol. The van der Waals surface area contributed by atoms with Gasteiger partial charge < -0.3 is 10.3 Å². The van der Waals surface area contributed by atoms with Crippen molar-refractivity contribution >= 4 is 5.91 Å². The lowest BCUT2D eigenvalue weighted by Gasteiger charge is -2.13. The first kappa shape index (κ1) is 13.9. The standard InChI is InChI=1S/C14H16N4O2/c1-8-4-5-11(6-15-8)9(2)17-13(19)12-7-16-10(3)18-14(12)20/h4-7,9H,1-3H3,(H,17,19)(H,16,18,20). The van der Waals surface area contributed by atoms with Gasteiger partial charge in [-0.3, -0.25) is 14.6 Å². The van der Waals surface area contributed by atoms with E-state index in [1.54, 1.807) is 13.1 Å². The molecule has 0 bridgehead atoms. The van der Waals surface area contributed by atoms with Gasteiger partial charge in [0.1, 0.15) is 11.4 Å². The number of carbonyl (C=O) groups excluding carboxylic acids is 1. The fourth-order valence-electron chi connectivity index (χ4n) is 1.74. The van der Waals surface area contributed by atoms with Crippen LogP contribution < -0.4 is 10.9 Å². The first-order chi connectivity index (χ1) is 9.47. The molecule has 1 atom stereocenters. The largest absolute Gasteiger partial charge is 0.345 e. The van der Waals surface area contributed by atoms with Crippen molar-refractivity contribution in [3.8, 4) is 0 Å². The first-order valence-electron chi connectivity index (χ1n) is 6.26. The second kappa shape index (κ2) is 5.64. The van der Waals surface area contributed by atoms with Gasteiger partial charge in [-0.05, 0) is 32.4 Å². The molecule has 1 amide bonds. The van der Waals surface area contributed by atoms with Crippen LogP contribution in [0.1, 0.15) is 40.4 Å². The van der Waals surface area contributed by atoms with Crippen molar-refractivity contribution in [1.29, 1.82) is 0 Å². The van der Waals surface area contributed by atoms with Crippen LogP contribution in [0, 0.1) is 13.8 Å². The van der Waals surface area contributed by atoms with Crippen molar-refractivity contribution in [2.45, 2.75) is 26.8 Å². The minimum absolute atomic E-state index is 0.00233. The van der Waals surface area contributed by atoms with Gasteiger partial charge in [0.2, 0.25) is 0 Å². The van der Waals surface area contributed by atoms with Crippen LogP contribution in [-0.2, 0) is 0 Å². The van der Waals surface area contributed by atoms with Crippen LogP contribution in [0.25, 0.3) is 0 Å². The summed E-state index contributed by atoms with van der Waals surface area (Å²) in [6.07, 6.45) is 2.99. The highest BCUT2D eigenvalue weighted by molar-refractivity contribution is 5.93. The number of aryl methyl sites for hydroxylation is 2. The van der Waals surface area contributed by atoms with Crippen LogP contribution in [0.4, 0.5) is 0 Å². The summed E-state index contributed by atoms with van der Waals surface area (Å²) in [6.45, 7) is 5.38. The first-order valence-corrected chi connectivity index (χ1v) is 6.26. The molecule has 20 heavy (non-hydrogen) atoms. The highest BCUT2D eigenvalue weighted by Gasteiger charge is 2.15. The van der Waals surface area contributed by atoms with Gasteiger partial charge in [-0.25, -0.2) is 4.98 Å². The number of H-pyrrole nitrogens is 1. The minimum Gasteiger partial charge on any atom is -0.345 e. The predicted molar refractivity (Wildman–Crippen MR) is 74.4 cm³/mol. The quantitative estimate of drug-likeness (QED) is 0.880. The molecule has 2 rings (SSSR count). The van der Waals surface area contributed by atoms with Gasteiger partial charge in [0.05, 0.1) is 6.04 Å². The number of nitrogens with zero attached hydrogens (tertiary/aromatic N) is 2. The van der Waals surface area contributed by atoms with Crippen LogP contribution in [0.5, 0.6) is 0 Å². The third kappa shape index (κ3) is 3.09. The Morgan fingerprint density at radius 3 is 2.60 bits per heavy atom. The summed E-state index contributed by atoms with van der Waals surface area (Å²) in [7, 11) is 0. The Morgan fingerprint density at radius 1 is 1.25 bits per heavy atom. The zero-order chi connectivity index (χ0) is 14.7. The van der Waals surface area contributed by atoms with E-state index in [0.29, 0.717) is 5.82 Å². The van der Waals surface area contributed by atoms with Crippen LogP contribution in [0.15, 0.2) is 29.3 Å². The molecule has 0 radical (unpaired) electrons. The van der Waals surface area contributed by atoms with Gasteiger partial charge in [0.15, 0.2) is 0 Å². The maximum atomic E-state index is 12.0. The molecule has 0 saturated carbocycles. The molecule has 2 N–H and O–H groups in total. The van der Waals surface area contributed by atoms with Crippen molar-refractivity contribution in [2.24, 2.45) is 0 Å². The van der Waals surface area contributed by atoms with E-state index in [2.05, 4.69) is 20.3 Å². The van der Waals surface area contributed by atoms with E-state index in [4.69, 9.17) is 0 Å². The Labute approximate surface area is 116 Å². The van der Waals surface area contributed by atoms with Crippen molar-refractivity contribution in [1.82, 2.24) is 20.3 Å². The van der Waals surface area contributed by atoms with Gasteiger partial charge in [-0.15, -0.1) is 0 Å². The molecule has 2 aromatic heterocycles. The molecule has 1 unspecified atom stereocenters. The van der Waals surface area contributed by atoms with Gasteiger partial charge in [-0.2, -0.15) is 0 Å². The van der Waals surface area contributed by atoms with Crippen LogP contribution in [0.3, 0.4) is 0 Å². The summed E-state index contributed by atoms with van der Waals surface area (Å²) in [5.41, 5.74) is 1.35. The molecule has 6 heteroatoms. The lowest BCUT2D eigenvalue weighted by Crippen LogP contribution is -2.32. The maximum Gasteiger partial charge on any atom is 0.263 e. The highest BCUT2D eigenvalue weighted by atomic mass is 16.2. The van der Waals surface area contributed by atoms with Crippen molar-refractivity contribution in [3.05, 3.63) is 57.5 Å². The smallest absolute Gasteiger partial charge is 0.263 e. The van der Waals surface area contributed by atoms with Crippen molar-refractivity contribution in [2.75, 3.05) is 0 Å². The topological polar surface area (TPSA) is 87.7 Å². The van der Waals surface area contributed by atoms with Crippen LogP contribution >= 0.6 is 0 Å². The number of rotatable bonds is 3. The summed E-state index contributed by atoms with van der Waals surface area (Å²) < 4.78 is 0. The van der Waals surface area contributed by atoms with Crippen LogP contribution in [-0.4, -0.2) is 20.9 Å².